The van der Waals surface area contributed by atoms with Crippen molar-refractivity contribution in [3.63, 3.8) is 0 Å². The number of halogens is 3. The lowest BCUT2D eigenvalue weighted by Gasteiger charge is -2.32. The van der Waals surface area contributed by atoms with E-state index in [-0.39, 0.29) is 11.7 Å². The Morgan fingerprint density at radius 3 is 2.50 bits per heavy atom. The Kier molecular flexibility index (Phi) is 6.24. The van der Waals surface area contributed by atoms with E-state index in [2.05, 4.69) is 46.7 Å². The Labute approximate surface area is 162 Å². The molecule has 1 heterocycles. The second-order valence-electron chi connectivity index (χ2n) is 7.22. The summed E-state index contributed by atoms with van der Waals surface area (Å²) in [4.78, 5) is 14.5. The molecular weight excluding hydrogens is 367 g/mol. The van der Waals surface area contributed by atoms with Crippen LogP contribution in [-0.4, -0.2) is 30.1 Å². The van der Waals surface area contributed by atoms with Crippen LogP contribution in [0.25, 0.3) is 0 Å². The van der Waals surface area contributed by atoms with Crippen LogP contribution in [-0.2, 0) is 12.7 Å². The number of hydrogen-bond donors (Lipinski definition) is 2. The third-order valence-corrected chi connectivity index (χ3v) is 4.86. The number of piperidine rings is 1. The predicted molar refractivity (Wildman–Crippen MR) is 103 cm³/mol. The number of likely N-dealkylation sites (tertiary alicyclic amines) is 1. The molecule has 0 radical (unpaired) electrons. The first kappa shape index (κ1) is 20.2. The minimum absolute atomic E-state index is 0.0135. The van der Waals surface area contributed by atoms with Crippen molar-refractivity contribution in [2.75, 3.05) is 18.4 Å². The zero-order chi connectivity index (χ0) is 20.1. The van der Waals surface area contributed by atoms with Gasteiger partial charge in [-0.15, -0.1) is 0 Å². The van der Waals surface area contributed by atoms with Crippen LogP contribution < -0.4 is 10.6 Å². The standard InChI is InChI=1S/C21H24F3N3O/c1-15-4-2-5-16(12-15)14-27-10-8-18(9-11-27)25-20(28)26-19-7-3-6-17(13-19)21(22,23)24/h2-7,12-13,18H,8-11,14H2,1H3,(H2,25,26,28). The molecule has 150 valence electrons. The Bertz CT molecular complexity index is 815. The highest BCUT2D eigenvalue weighted by Gasteiger charge is 2.30. The highest BCUT2D eigenvalue weighted by atomic mass is 19.4. The van der Waals surface area contributed by atoms with Crippen molar-refractivity contribution < 1.29 is 18.0 Å². The fourth-order valence-corrected chi connectivity index (χ4v) is 3.43. The van der Waals surface area contributed by atoms with Crippen LogP contribution in [0, 0.1) is 6.92 Å². The van der Waals surface area contributed by atoms with Crippen molar-refractivity contribution >= 4 is 11.7 Å². The normalized spacial score (nSPS) is 16.0. The van der Waals surface area contributed by atoms with Gasteiger partial charge in [0.2, 0.25) is 0 Å². The lowest BCUT2D eigenvalue weighted by Crippen LogP contribution is -2.45. The quantitative estimate of drug-likeness (QED) is 0.786. The number of nitrogens with zero attached hydrogens (tertiary/aromatic N) is 1. The van der Waals surface area contributed by atoms with Crippen LogP contribution in [0.3, 0.4) is 0 Å². The third-order valence-electron chi connectivity index (χ3n) is 4.86. The van der Waals surface area contributed by atoms with Crippen molar-refractivity contribution in [3.05, 3.63) is 65.2 Å². The zero-order valence-electron chi connectivity index (χ0n) is 15.7. The van der Waals surface area contributed by atoms with Crippen LogP contribution in [0.4, 0.5) is 23.7 Å². The number of benzene rings is 2. The summed E-state index contributed by atoms with van der Waals surface area (Å²) in [6.07, 6.45) is -2.82. The Balaban J connectivity index is 1.46. The molecule has 0 unspecified atom stereocenters. The summed E-state index contributed by atoms with van der Waals surface area (Å²) < 4.78 is 38.3. The molecule has 0 saturated carbocycles. The minimum Gasteiger partial charge on any atom is -0.335 e. The van der Waals surface area contributed by atoms with Gasteiger partial charge in [-0.3, -0.25) is 4.90 Å². The van der Waals surface area contributed by atoms with Crippen LogP contribution in [0.5, 0.6) is 0 Å². The molecule has 0 spiro atoms. The Morgan fingerprint density at radius 2 is 1.82 bits per heavy atom. The molecule has 1 aliphatic rings. The zero-order valence-corrected chi connectivity index (χ0v) is 15.7. The fraction of sp³-hybridized carbons (Fsp3) is 0.381. The molecule has 1 aliphatic heterocycles. The van der Waals surface area contributed by atoms with E-state index in [1.165, 1.54) is 23.3 Å². The van der Waals surface area contributed by atoms with E-state index >= 15 is 0 Å². The minimum atomic E-state index is -4.43. The second-order valence-corrected chi connectivity index (χ2v) is 7.22. The molecule has 4 nitrogen and oxygen atoms in total. The van der Waals surface area contributed by atoms with E-state index in [0.29, 0.717) is 0 Å². The van der Waals surface area contributed by atoms with E-state index in [4.69, 9.17) is 0 Å². The van der Waals surface area contributed by atoms with Crippen molar-refractivity contribution in [1.82, 2.24) is 10.2 Å². The summed E-state index contributed by atoms with van der Waals surface area (Å²) in [5.41, 5.74) is 1.85. The van der Waals surface area contributed by atoms with Gasteiger partial charge in [0.15, 0.2) is 0 Å². The number of nitrogens with one attached hydrogen (secondary N) is 2. The summed E-state index contributed by atoms with van der Waals surface area (Å²) in [5, 5.41) is 5.36. The fourth-order valence-electron chi connectivity index (χ4n) is 3.43. The van der Waals surface area contributed by atoms with Gasteiger partial charge >= 0.3 is 12.2 Å². The van der Waals surface area contributed by atoms with Gasteiger partial charge in [0.05, 0.1) is 5.56 Å². The summed E-state index contributed by atoms with van der Waals surface area (Å²) in [5.74, 6) is 0. The van der Waals surface area contributed by atoms with Gasteiger partial charge in [0, 0.05) is 31.4 Å². The van der Waals surface area contributed by atoms with Gasteiger partial charge in [0.1, 0.15) is 0 Å². The van der Waals surface area contributed by atoms with Gasteiger partial charge in [-0.25, -0.2) is 4.79 Å². The van der Waals surface area contributed by atoms with Crippen molar-refractivity contribution in [2.45, 2.75) is 38.5 Å². The number of alkyl halides is 3. The molecule has 7 heteroatoms. The maximum Gasteiger partial charge on any atom is 0.416 e. The molecule has 2 amide bonds. The van der Waals surface area contributed by atoms with E-state index in [0.717, 1.165) is 44.6 Å². The van der Waals surface area contributed by atoms with Gasteiger partial charge < -0.3 is 10.6 Å². The molecule has 1 fully saturated rings. The van der Waals surface area contributed by atoms with Crippen LogP contribution in [0.1, 0.15) is 29.5 Å². The predicted octanol–water partition coefficient (Wildman–Crippen LogP) is 4.80. The number of anilines is 1. The molecule has 3 rings (SSSR count). The maximum atomic E-state index is 12.8. The van der Waals surface area contributed by atoms with Crippen molar-refractivity contribution in [3.8, 4) is 0 Å². The first-order chi connectivity index (χ1) is 13.3. The molecule has 2 aromatic rings. The summed E-state index contributed by atoms with van der Waals surface area (Å²) in [6, 6.07) is 12.6. The summed E-state index contributed by atoms with van der Waals surface area (Å²) in [6.45, 7) is 4.68. The van der Waals surface area contributed by atoms with Gasteiger partial charge in [-0.1, -0.05) is 35.9 Å². The molecule has 1 saturated heterocycles. The number of rotatable bonds is 4. The number of amides is 2. The van der Waals surface area contributed by atoms with E-state index in [1.807, 2.05) is 0 Å². The maximum absolute atomic E-state index is 12.8. The molecule has 0 aromatic heterocycles. The van der Waals surface area contributed by atoms with Crippen LogP contribution in [0.15, 0.2) is 48.5 Å². The molecule has 2 N–H and O–H groups in total. The largest absolute Gasteiger partial charge is 0.416 e. The number of hydrogen-bond acceptors (Lipinski definition) is 2. The molecule has 0 atom stereocenters. The number of carbonyl (C=O) groups is 1. The van der Waals surface area contributed by atoms with Crippen molar-refractivity contribution in [2.24, 2.45) is 0 Å². The Hall–Kier alpha value is -2.54. The van der Waals surface area contributed by atoms with Crippen LogP contribution in [0.2, 0.25) is 0 Å². The highest BCUT2D eigenvalue weighted by molar-refractivity contribution is 5.89. The SMILES string of the molecule is Cc1cccc(CN2CCC(NC(=O)Nc3cccc(C(F)(F)F)c3)CC2)c1. The van der Waals surface area contributed by atoms with Crippen molar-refractivity contribution in [1.29, 1.82) is 0 Å². The summed E-state index contributed by atoms with van der Waals surface area (Å²) in [7, 11) is 0. The number of urea groups is 1. The van der Waals surface area contributed by atoms with E-state index in [1.54, 1.807) is 0 Å². The van der Waals surface area contributed by atoms with Crippen LogP contribution >= 0.6 is 0 Å². The molecule has 0 bridgehead atoms. The summed E-state index contributed by atoms with van der Waals surface area (Å²) >= 11 is 0. The molecule has 2 aromatic carbocycles. The van der Waals surface area contributed by atoms with Gasteiger partial charge in [-0.2, -0.15) is 13.2 Å². The van der Waals surface area contributed by atoms with Gasteiger partial charge in [0.25, 0.3) is 0 Å². The number of carbonyl (C=O) groups excluding carboxylic acids is 1. The van der Waals surface area contributed by atoms with E-state index in [9.17, 15) is 18.0 Å². The molecule has 28 heavy (non-hydrogen) atoms. The average Bonchev–Trinajstić information content (AvgIpc) is 2.63. The second kappa shape index (κ2) is 8.65. The smallest absolute Gasteiger partial charge is 0.335 e. The third kappa shape index (κ3) is 5.73. The van der Waals surface area contributed by atoms with Gasteiger partial charge in [-0.05, 0) is 43.5 Å². The Morgan fingerprint density at radius 1 is 1.11 bits per heavy atom. The topological polar surface area (TPSA) is 44.4 Å². The van der Waals surface area contributed by atoms with E-state index < -0.39 is 17.8 Å². The monoisotopic (exact) mass is 391 g/mol. The highest BCUT2D eigenvalue weighted by Crippen LogP contribution is 2.30. The number of aryl methyl sites for hydroxylation is 1. The lowest BCUT2D eigenvalue weighted by molar-refractivity contribution is -0.137. The first-order valence-electron chi connectivity index (χ1n) is 9.32. The molecular formula is C21H24F3N3O. The molecule has 0 aliphatic carbocycles. The average molecular weight is 391 g/mol. The first-order valence-corrected chi connectivity index (χ1v) is 9.32. The lowest BCUT2D eigenvalue weighted by atomic mass is 10.0.